The van der Waals surface area contributed by atoms with Crippen LogP contribution in [-0.2, 0) is 9.59 Å². The SMILES string of the molecule is COc1ccccc1N1CCN(C(=O)CCN(C(C)=O)c2cccc(C)c2)CC1. The van der Waals surface area contributed by atoms with E-state index < -0.39 is 0 Å². The van der Waals surface area contributed by atoms with E-state index in [0.717, 1.165) is 35.8 Å². The number of nitrogens with zero attached hydrogens (tertiary/aromatic N) is 3. The maximum Gasteiger partial charge on any atom is 0.224 e. The van der Waals surface area contributed by atoms with Crippen LogP contribution in [0.5, 0.6) is 5.75 Å². The minimum absolute atomic E-state index is 0.0515. The van der Waals surface area contributed by atoms with Crippen LogP contribution in [0.25, 0.3) is 0 Å². The van der Waals surface area contributed by atoms with Crippen LogP contribution in [0.3, 0.4) is 0 Å². The smallest absolute Gasteiger partial charge is 0.224 e. The highest BCUT2D eigenvalue weighted by Gasteiger charge is 2.23. The molecular weight excluding hydrogens is 366 g/mol. The first-order chi connectivity index (χ1) is 14.0. The molecule has 0 spiro atoms. The van der Waals surface area contributed by atoms with Crippen LogP contribution < -0.4 is 14.5 Å². The van der Waals surface area contributed by atoms with E-state index in [1.807, 2.05) is 60.4 Å². The summed E-state index contributed by atoms with van der Waals surface area (Å²) in [5.41, 5.74) is 2.99. The van der Waals surface area contributed by atoms with E-state index in [9.17, 15) is 9.59 Å². The number of methoxy groups -OCH3 is 1. The molecule has 2 aromatic rings. The summed E-state index contributed by atoms with van der Waals surface area (Å²) in [4.78, 5) is 30.6. The van der Waals surface area contributed by atoms with E-state index in [1.165, 1.54) is 0 Å². The molecule has 0 aromatic heterocycles. The molecule has 2 aromatic carbocycles. The number of carbonyl (C=O) groups is 2. The van der Waals surface area contributed by atoms with E-state index in [2.05, 4.69) is 4.90 Å². The Labute approximate surface area is 172 Å². The fourth-order valence-corrected chi connectivity index (χ4v) is 3.72. The fraction of sp³-hybridized carbons (Fsp3) is 0.391. The molecule has 0 atom stereocenters. The summed E-state index contributed by atoms with van der Waals surface area (Å²) in [6.07, 6.45) is 0.322. The Balaban J connectivity index is 1.56. The molecule has 1 aliphatic heterocycles. The Morgan fingerprint density at radius 3 is 2.41 bits per heavy atom. The molecule has 0 N–H and O–H groups in total. The van der Waals surface area contributed by atoms with E-state index in [4.69, 9.17) is 4.74 Å². The number of anilines is 2. The molecular formula is C23H29N3O3. The number of para-hydroxylation sites is 2. The second-order valence-corrected chi connectivity index (χ2v) is 7.30. The summed E-state index contributed by atoms with van der Waals surface area (Å²) in [5, 5.41) is 0. The van der Waals surface area contributed by atoms with Crippen LogP contribution in [0.15, 0.2) is 48.5 Å². The molecule has 0 radical (unpaired) electrons. The highest BCUT2D eigenvalue weighted by Crippen LogP contribution is 2.28. The van der Waals surface area contributed by atoms with Gasteiger partial charge in [-0.3, -0.25) is 9.59 Å². The van der Waals surface area contributed by atoms with Gasteiger partial charge in [0.1, 0.15) is 5.75 Å². The summed E-state index contributed by atoms with van der Waals surface area (Å²) in [6, 6.07) is 15.8. The van der Waals surface area contributed by atoms with Gasteiger partial charge in [-0.15, -0.1) is 0 Å². The van der Waals surface area contributed by atoms with Crippen molar-refractivity contribution in [1.82, 2.24) is 4.90 Å². The molecule has 0 unspecified atom stereocenters. The molecule has 1 saturated heterocycles. The van der Waals surface area contributed by atoms with Crippen molar-refractivity contribution in [3.05, 3.63) is 54.1 Å². The molecule has 1 aliphatic rings. The van der Waals surface area contributed by atoms with Crippen molar-refractivity contribution in [3.63, 3.8) is 0 Å². The van der Waals surface area contributed by atoms with Crippen LogP contribution in [0.4, 0.5) is 11.4 Å². The predicted molar refractivity (Wildman–Crippen MR) is 116 cm³/mol. The first-order valence-electron chi connectivity index (χ1n) is 10.00. The maximum atomic E-state index is 12.7. The van der Waals surface area contributed by atoms with Gasteiger partial charge in [-0.05, 0) is 36.8 Å². The van der Waals surface area contributed by atoms with Crippen LogP contribution in [0, 0.1) is 6.92 Å². The Hall–Kier alpha value is -3.02. The largest absolute Gasteiger partial charge is 0.495 e. The van der Waals surface area contributed by atoms with Crippen molar-refractivity contribution in [2.45, 2.75) is 20.3 Å². The highest BCUT2D eigenvalue weighted by atomic mass is 16.5. The van der Waals surface area contributed by atoms with Gasteiger partial charge in [0.15, 0.2) is 0 Å². The summed E-state index contributed by atoms with van der Waals surface area (Å²) < 4.78 is 5.45. The number of aryl methyl sites for hydroxylation is 1. The van der Waals surface area contributed by atoms with Crippen LogP contribution in [0.2, 0.25) is 0 Å². The summed E-state index contributed by atoms with van der Waals surface area (Å²) in [6.45, 7) is 6.79. The number of hydrogen-bond acceptors (Lipinski definition) is 4. The monoisotopic (exact) mass is 395 g/mol. The first-order valence-corrected chi connectivity index (χ1v) is 10.00. The summed E-state index contributed by atoms with van der Waals surface area (Å²) in [5.74, 6) is 0.885. The minimum Gasteiger partial charge on any atom is -0.495 e. The normalized spacial score (nSPS) is 13.9. The number of rotatable bonds is 6. The number of piperazine rings is 1. The lowest BCUT2D eigenvalue weighted by molar-refractivity contribution is -0.131. The van der Waals surface area contributed by atoms with Crippen molar-refractivity contribution in [2.24, 2.45) is 0 Å². The van der Waals surface area contributed by atoms with E-state index >= 15 is 0 Å². The molecule has 6 heteroatoms. The van der Waals surface area contributed by atoms with Gasteiger partial charge in [-0.2, -0.15) is 0 Å². The molecule has 0 saturated carbocycles. The van der Waals surface area contributed by atoms with Gasteiger partial charge in [0, 0.05) is 51.8 Å². The molecule has 1 fully saturated rings. The van der Waals surface area contributed by atoms with Crippen molar-refractivity contribution in [2.75, 3.05) is 49.6 Å². The van der Waals surface area contributed by atoms with Crippen molar-refractivity contribution < 1.29 is 14.3 Å². The van der Waals surface area contributed by atoms with Gasteiger partial charge < -0.3 is 19.4 Å². The van der Waals surface area contributed by atoms with Gasteiger partial charge in [0.25, 0.3) is 0 Å². The Kier molecular flexibility index (Phi) is 6.75. The molecule has 154 valence electrons. The Bertz CT molecular complexity index is 860. The van der Waals surface area contributed by atoms with Gasteiger partial charge in [-0.1, -0.05) is 24.3 Å². The standard InChI is InChI=1S/C23H29N3O3/c1-18-7-6-8-20(17-18)26(19(2)27)12-11-23(28)25-15-13-24(14-16-25)21-9-4-5-10-22(21)29-3/h4-10,17H,11-16H2,1-3H3. The summed E-state index contributed by atoms with van der Waals surface area (Å²) in [7, 11) is 1.67. The third-order valence-corrected chi connectivity index (χ3v) is 5.30. The van der Waals surface area contributed by atoms with Crippen LogP contribution >= 0.6 is 0 Å². The zero-order valence-electron chi connectivity index (χ0n) is 17.4. The van der Waals surface area contributed by atoms with Gasteiger partial charge in [0.2, 0.25) is 11.8 Å². The van der Waals surface area contributed by atoms with E-state index in [-0.39, 0.29) is 11.8 Å². The number of amides is 2. The lowest BCUT2D eigenvalue weighted by Crippen LogP contribution is -2.49. The summed E-state index contributed by atoms with van der Waals surface area (Å²) >= 11 is 0. The average molecular weight is 396 g/mol. The number of ether oxygens (including phenoxy) is 1. The van der Waals surface area contributed by atoms with E-state index in [1.54, 1.807) is 18.9 Å². The van der Waals surface area contributed by atoms with Gasteiger partial charge in [0.05, 0.1) is 12.8 Å². The van der Waals surface area contributed by atoms with Gasteiger partial charge in [-0.25, -0.2) is 0 Å². The molecule has 3 rings (SSSR count). The molecule has 2 amide bonds. The third-order valence-electron chi connectivity index (χ3n) is 5.30. The molecule has 0 bridgehead atoms. The van der Waals surface area contributed by atoms with Crippen molar-refractivity contribution >= 4 is 23.2 Å². The lowest BCUT2D eigenvalue weighted by atomic mass is 10.2. The quantitative estimate of drug-likeness (QED) is 0.754. The zero-order chi connectivity index (χ0) is 20.8. The Morgan fingerprint density at radius 2 is 1.76 bits per heavy atom. The number of carbonyl (C=O) groups excluding carboxylic acids is 2. The second kappa shape index (κ2) is 9.45. The first kappa shape index (κ1) is 20.7. The van der Waals surface area contributed by atoms with Crippen LogP contribution in [-0.4, -0.2) is 56.5 Å². The molecule has 29 heavy (non-hydrogen) atoms. The van der Waals surface area contributed by atoms with Crippen molar-refractivity contribution in [3.8, 4) is 5.75 Å². The molecule has 6 nitrogen and oxygen atoms in total. The minimum atomic E-state index is -0.0515. The second-order valence-electron chi connectivity index (χ2n) is 7.30. The lowest BCUT2D eigenvalue weighted by Gasteiger charge is -2.37. The zero-order valence-corrected chi connectivity index (χ0v) is 17.4. The Morgan fingerprint density at radius 1 is 1.03 bits per heavy atom. The molecule has 0 aliphatic carbocycles. The molecule has 1 heterocycles. The highest BCUT2D eigenvalue weighted by molar-refractivity contribution is 5.92. The number of benzene rings is 2. The van der Waals surface area contributed by atoms with Crippen LogP contribution in [0.1, 0.15) is 18.9 Å². The van der Waals surface area contributed by atoms with E-state index in [0.29, 0.717) is 26.1 Å². The topological polar surface area (TPSA) is 53.1 Å². The van der Waals surface area contributed by atoms with Crippen molar-refractivity contribution in [1.29, 1.82) is 0 Å². The number of hydrogen-bond donors (Lipinski definition) is 0. The average Bonchev–Trinajstić information content (AvgIpc) is 2.73. The van der Waals surface area contributed by atoms with Gasteiger partial charge >= 0.3 is 0 Å². The maximum absolute atomic E-state index is 12.7. The predicted octanol–water partition coefficient (Wildman–Crippen LogP) is 3.10. The fourth-order valence-electron chi connectivity index (χ4n) is 3.72. The third kappa shape index (κ3) is 5.08.